The zero-order valence-corrected chi connectivity index (χ0v) is 16.9. The maximum Gasteiger partial charge on any atom is 0.254 e. The molecule has 1 aromatic heterocycles. The van der Waals surface area contributed by atoms with E-state index in [1.807, 2.05) is 66.4 Å². The van der Waals surface area contributed by atoms with Crippen LogP contribution < -0.4 is 0 Å². The van der Waals surface area contributed by atoms with Gasteiger partial charge in [0.15, 0.2) is 0 Å². The number of hydrogen-bond donors (Lipinski definition) is 1. The molecule has 2 heterocycles. The highest BCUT2D eigenvalue weighted by Crippen LogP contribution is 2.39. The third-order valence-corrected chi connectivity index (χ3v) is 6.11. The molecule has 4 aromatic rings. The molecule has 1 atom stereocenters. The third-order valence-electron chi connectivity index (χ3n) is 5.86. The molecule has 4 heteroatoms. The number of para-hydroxylation sites is 1. The van der Waals surface area contributed by atoms with Crippen molar-refractivity contribution in [2.75, 3.05) is 6.54 Å². The molecule has 1 aliphatic rings. The number of aryl methyl sites for hydroxylation is 1. The van der Waals surface area contributed by atoms with Crippen LogP contribution in [0.2, 0.25) is 5.02 Å². The van der Waals surface area contributed by atoms with E-state index in [4.69, 9.17) is 11.6 Å². The Bertz CT molecular complexity index is 1210. The summed E-state index contributed by atoms with van der Waals surface area (Å²) in [4.78, 5) is 19.2. The maximum atomic E-state index is 13.6. The minimum atomic E-state index is -0.171. The monoisotopic (exact) mass is 400 g/mol. The summed E-state index contributed by atoms with van der Waals surface area (Å²) in [6.45, 7) is 2.66. The number of aromatic nitrogens is 1. The van der Waals surface area contributed by atoms with Crippen molar-refractivity contribution < 1.29 is 4.79 Å². The molecule has 29 heavy (non-hydrogen) atoms. The summed E-state index contributed by atoms with van der Waals surface area (Å²) >= 11 is 6.14. The Morgan fingerprint density at radius 3 is 2.52 bits per heavy atom. The molecule has 3 nitrogen and oxygen atoms in total. The van der Waals surface area contributed by atoms with Gasteiger partial charge in [0.05, 0.1) is 6.04 Å². The number of hydrogen-bond acceptors (Lipinski definition) is 1. The smallest absolute Gasteiger partial charge is 0.254 e. The molecule has 1 N–H and O–H groups in total. The molecular formula is C25H21ClN2O. The number of amides is 1. The van der Waals surface area contributed by atoms with E-state index < -0.39 is 0 Å². The van der Waals surface area contributed by atoms with Crippen molar-refractivity contribution in [2.45, 2.75) is 19.4 Å². The summed E-state index contributed by atoms with van der Waals surface area (Å²) in [6, 6.07) is 23.8. The lowest BCUT2D eigenvalue weighted by molar-refractivity contribution is 0.0691. The van der Waals surface area contributed by atoms with Crippen LogP contribution in [0.4, 0.5) is 0 Å². The highest BCUT2D eigenvalue weighted by molar-refractivity contribution is 6.30. The topological polar surface area (TPSA) is 36.1 Å². The van der Waals surface area contributed by atoms with E-state index in [0.717, 1.165) is 34.3 Å². The van der Waals surface area contributed by atoms with Gasteiger partial charge < -0.3 is 9.88 Å². The predicted molar refractivity (Wildman–Crippen MR) is 118 cm³/mol. The van der Waals surface area contributed by atoms with Crippen LogP contribution in [0.3, 0.4) is 0 Å². The highest BCUT2D eigenvalue weighted by Gasteiger charge is 2.35. The average Bonchev–Trinajstić information content (AvgIpc) is 3.12. The van der Waals surface area contributed by atoms with Crippen LogP contribution in [-0.2, 0) is 6.42 Å². The molecule has 0 radical (unpaired) electrons. The highest BCUT2D eigenvalue weighted by atomic mass is 35.5. The summed E-state index contributed by atoms with van der Waals surface area (Å²) in [5.74, 6) is 0.0624. The molecule has 0 spiro atoms. The number of nitrogens with zero attached hydrogens (tertiary/aromatic N) is 1. The van der Waals surface area contributed by atoms with Crippen LogP contribution in [0.15, 0.2) is 72.8 Å². The number of nitrogens with one attached hydrogen (secondary N) is 1. The second-order valence-corrected chi connectivity index (χ2v) is 8.02. The van der Waals surface area contributed by atoms with Crippen molar-refractivity contribution in [1.29, 1.82) is 0 Å². The Kier molecular flexibility index (Phi) is 4.40. The van der Waals surface area contributed by atoms with E-state index in [0.29, 0.717) is 11.6 Å². The van der Waals surface area contributed by atoms with Gasteiger partial charge in [-0.1, -0.05) is 60.1 Å². The van der Waals surface area contributed by atoms with E-state index >= 15 is 0 Å². The molecule has 0 saturated carbocycles. The molecular weight excluding hydrogens is 380 g/mol. The number of H-pyrrole nitrogens is 1. The standard InChI is InChI=1S/C25H21ClN2O/c1-16-6-2-3-7-19(16)25(29)28-15-14-21-20-8-4-5-9-22(20)27-23(21)24(28)17-10-12-18(26)13-11-17/h2-13,24,27H,14-15H2,1H3/t24-/m1/s1. The Hall–Kier alpha value is -3.04. The molecule has 0 fully saturated rings. The van der Waals surface area contributed by atoms with E-state index in [9.17, 15) is 4.79 Å². The zero-order chi connectivity index (χ0) is 20.0. The van der Waals surface area contributed by atoms with E-state index in [2.05, 4.69) is 23.2 Å². The van der Waals surface area contributed by atoms with Crippen molar-refractivity contribution in [3.05, 3.63) is 106 Å². The van der Waals surface area contributed by atoms with Crippen LogP contribution in [0.25, 0.3) is 10.9 Å². The molecule has 144 valence electrons. The van der Waals surface area contributed by atoms with Crippen LogP contribution in [0, 0.1) is 6.92 Å². The first-order valence-corrected chi connectivity index (χ1v) is 10.2. The first kappa shape index (κ1) is 18.0. The van der Waals surface area contributed by atoms with Crippen molar-refractivity contribution in [2.24, 2.45) is 0 Å². The zero-order valence-electron chi connectivity index (χ0n) is 16.2. The summed E-state index contributed by atoms with van der Waals surface area (Å²) < 4.78 is 0. The molecule has 0 saturated heterocycles. The Morgan fingerprint density at radius 2 is 1.72 bits per heavy atom. The van der Waals surface area contributed by atoms with Crippen molar-refractivity contribution in [3.63, 3.8) is 0 Å². The summed E-state index contributed by atoms with van der Waals surface area (Å²) in [7, 11) is 0. The molecule has 5 rings (SSSR count). The van der Waals surface area contributed by atoms with E-state index in [1.165, 1.54) is 10.9 Å². The van der Waals surface area contributed by atoms with Gasteiger partial charge in [-0.25, -0.2) is 0 Å². The van der Waals surface area contributed by atoms with E-state index in [-0.39, 0.29) is 11.9 Å². The number of carbonyl (C=O) groups excluding carboxylic acids is 1. The summed E-state index contributed by atoms with van der Waals surface area (Å²) in [6.07, 6.45) is 0.834. The van der Waals surface area contributed by atoms with Crippen molar-refractivity contribution >= 4 is 28.4 Å². The van der Waals surface area contributed by atoms with E-state index in [1.54, 1.807) is 0 Å². The quantitative estimate of drug-likeness (QED) is 0.445. The molecule has 0 aliphatic carbocycles. The van der Waals surface area contributed by atoms with Crippen molar-refractivity contribution in [1.82, 2.24) is 9.88 Å². The van der Waals surface area contributed by atoms with Gasteiger partial charge in [0.25, 0.3) is 5.91 Å². The number of aromatic amines is 1. The number of carbonyl (C=O) groups is 1. The second kappa shape index (κ2) is 7.09. The van der Waals surface area contributed by atoms with Gasteiger partial charge in [-0.05, 0) is 54.3 Å². The first-order valence-electron chi connectivity index (χ1n) is 9.85. The van der Waals surface area contributed by atoms with Crippen LogP contribution >= 0.6 is 11.6 Å². The minimum absolute atomic E-state index is 0.0624. The van der Waals surface area contributed by atoms with Gasteiger partial charge in [-0.3, -0.25) is 4.79 Å². The summed E-state index contributed by atoms with van der Waals surface area (Å²) in [5.41, 5.74) is 6.32. The van der Waals surface area contributed by atoms with Crippen LogP contribution in [-0.4, -0.2) is 22.3 Å². The fourth-order valence-corrected chi connectivity index (χ4v) is 4.54. The normalized spacial score (nSPS) is 16.1. The molecule has 3 aromatic carbocycles. The SMILES string of the molecule is Cc1ccccc1C(=O)N1CCc2c([nH]c3ccccc23)[C@H]1c1ccc(Cl)cc1. The lowest BCUT2D eigenvalue weighted by atomic mass is 9.91. The van der Waals surface area contributed by atoms with Gasteiger partial charge in [0.1, 0.15) is 0 Å². The Morgan fingerprint density at radius 1 is 1.00 bits per heavy atom. The molecule has 0 unspecified atom stereocenters. The van der Waals surface area contributed by atoms with Gasteiger partial charge in [0, 0.05) is 33.7 Å². The lowest BCUT2D eigenvalue weighted by Crippen LogP contribution is -2.40. The molecule has 1 aliphatic heterocycles. The fourth-order valence-electron chi connectivity index (χ4n) is 4.42. The van der Waals surface area contributed by atoms with Gasteiger partial charge >= 0.3 is 0 Å². The fraction of sp³-hybridized carbons (Fsp3) is 0.160. The number of rotatable bonds is 2. The molecule has 1 amide bonds. The van der Waals surface area contributed by atoms with Gasteiger partial charge in [-0.15, -0.1) is 0 Å². The first-order chi connectivity index (χ1) is 14.1. The number of benzene rings is 3. The van der Waals surface area contributed by atoms with Crippen LogP contribution in [0.1, 0.15) is 38.8 Å². The summed E-state index contributed by atoms with van der Waals surface area (Å²) in [5, 5.41) is 1.93. The third kappa shape index (κ3) is 3.02. The Labute approximate surface area is 174 Å². The predicted octanol–water partition coefficient (Wildman–Crippen LogP) is 5.92. The average molecular weight is 401 g/mol. The Balaban J connectivity index is 1.68. The maximum absolute atomic E-state index is 13.6. The van der Waals surface area contributed by atoms with Gasteiger partial charge in [-0.2, -0.15) is 0 Å². The molecule has 0 bridgehead atoms. The minimum Gasteiger partial charge on any atom is -0.356 e. The second-order valence-electron chi connectivity index (χ2n) is 7.58. The number of fused-ring (bicyclic) bond motifs is 3. The lowest BCUT2D eigenvalue weighted by Gasteiger charge is -2.36. The van der Waals surface area contributed by atoms with Crippen molar-refractivity contribution in [3.8, 4) is 0 Å². The largest absolute Gasteiger partial charge is 0.356 e. The number of halogens is 1. The van der Waals surface area contributed by atoms with Gasteiger partial charge in [0.2, 0.25) is 0 Å². The van der Waals surface area contributed by atoms with Crippen LogP contribution in [0.5, 0.6) is 0 Å².